The summed E-state index contributed by atoms with van der Waals surface area (Å²) in [5.74, 6) is 0.753. The first-order valence-electron chi connectivity index (χ1n) is 5.02. The van der Waals surface area contributed by atoms with Crippen LogP contribution in [0.2, 0.25) is 0 Å². The molecule has 0 aliphatic heterocycles. The zero-order chi connectivity index (χ0) is 9.84. The van der Waals surface area contributed by atoms with Crippen molar-refractivity contribution in [3.8, 4) is 0 Å². The Hall–Kier alpha value is -0.760. The molecule has 0 saturated carbocycles. The lowest BCUT2D eigenvalue weighted by atomic mass is 10.1. The summed E-state index contributed by atoms with van der Waals surface area (Å²) < 4.78 is 2.25. The van der Waals surface area contributed by atoms with Crippen molar-refractivity contribution >= 4 is 0 Å². The Morgan fingerprint density at radius 2 is 2.08 bits per heavy atom. The maximum Gasteiger partial charge on any atom is 0.0421 e. The number of aromatic nitrogens is 1. The molecule has 0 radical (unpaired) electrons. The average Bonchev–Trinajstić information content (AvgIpc) is 2.47. The predicted octanol–water partition coefficient (Wildman–Crippen LogP) is 2.55. The molecule has 13 heavy (non-hydrogen) atoms. The maximum atomic E-state index is 5.84. The van der Waals surface area contributed by atoms with Crippen molar-refractivity contribution < 1.29 is 0 Å². The van der Waals surface area contributed by atoms with E-state index in [2.05, 4.69) is 36.7 Å². The minimum absolute atomic E-state index is 0.141. The van der Waals surface area contributed by atoms with E-state index in [1.807, 2.05) is 6.92 Å². The molecular weight excluding hydrogens is 160 g/mol. The molecular formula is C11H20N2. The number of nitrogens with two attached hydrogens (primary N) is 1. The van der Waals surface area contributed by atoms with Gasteiger partial charge >= 0.3 is 0 Å². The summed E-state index contributed by atoms with van der Waals surface area (Å²) in [4.78, 5) is 0. The van der Waals surface area contributed by atoms with Crippen LogP contribution in [0.1, 0.15) is 38.9 Å². The van der Waals surface area contributed by atoms with Crippen molar-refractivity contribution in [1.82, 2.24) is 4.57 Å². The Bertz CT molecular complexity index is 248. The van der Waals surface area contributed by atoms with Gasteiger partial charge < -0.3 is 10.3 Å². The van der Waals surface area contributed by atoms with Gasteiger partial charge in [-0.3, -0.25) is 0 Å². The van der Waals surface area contributed by atoms with Gasteiger partial charge in [0.15, 0.2) is 0 Å². The van der Waals surface area contributed by atoms with Gasteiger partial charge in [0.05, 0.1) is 0 Å². The number of aryl methyl sites for hydroxylation is 1. The van der Waals surface area contributed by atoms with Crippen LogP contribution in [-0.4, -0.2) is 4.57 Å². The quantitative estimate of drug-likeness (QED) is 0.758. The molecule has 0 aliphatic rings. The number of hydrogen-bond acceptors (Lipinski definition) is 1. The van der Waals surface area contributed by atoms with Crippen molar-refractivity contribution in [2.75, 3.05) is 0 Å². The summed E-state index contributed by atoms with van der Waals surface area (Å²) in [5, 5.41) is 0. The van der Waals surface area contributed by atoms with Gasteiger partial charge in [-0.1, -0.05) is 13.8 Å². The Morgan fingerprint density at radius 3 is 2.62 bits per heavy atom. The Morgan fingerprint density at radius 1 is 1.38 bits per heavy atom. The Balaban J connectivity index is 2.60. The van der Waals surface area contributed by atoms with Gasteiger partial charge in [-0.05, 0) is 31.4 Å². The zero-order valence-electron chi connectivity index (χ0n) is 8.83. The molecule has 2 N–H and O–H groups in total. The van der Waals surface area contributed by atoms with Gasteiger partial charge in [0, 0.05) is 24.5 Å². The second-order valence-electron chi connectivity index (χ2n) is 4.10. The topological polar surface area (TPSA) is 30.9 Å². The molecule has 2 heteroatoms. The molecule has 1 rings (SSSR count). The van der Waals surface area contributed by atoms with E-state index in [0.717, 1.165) is 12.5 Å². The van der Waals surface area contributed by atoms with Crippen LogP contribution in [0.4, 0.5) is 0 Å². The molecule has 1 unspecified atom stereocenters. The van der Waals surface area contributed by atoms with Gasteiger partial charge in [-0.25, -0.2) is 0 Å². The first kappa shape index (κ1) is 10.3. The van der Waals surface area contributed by atoms with Gasteiger partial charge in [0.1, 0.15) is 0 Å². The van der Waals surface area contributed by atoms with E-state index in [4.69, 9.17) is 5.73 Å². The molecule has 0 fully saturated rings. The lowest BCUT2D eigenvalue weighted by Gasteiger charge is -2.12. The largest absolute Gasteiger partial charge is 0.350 e. The molecule has 1 heterocycles. The maximum absolute atomic E-state index is 5.84. The standard InChI is InChI=1S/C11H20N2/c1-9(2)6-8-13-7-4-5-11(13)10(3)12/h4-5,7,9-10H,6,8,12H2,1-3H3. The molecule has 0 aliphatic carbocycles. The van der Waals surface area contributed by atoms with E-state index in [9.17, 15) is 0 Å². The predicted molar refractivity (Wildman–Crippen MR) is 56.5 cm³/mol. The monoisotopic (exact) mass is 180 g/mol. The molecule has 74 valence electrons. The molecule has 2 nitrogen and oxygen atoms in total. The highest BCUT2D eigenvalue weighted by Gasteiger charge is 2.05. The molecule has 1 aromatic heterocycles. The third kappa shape index (κ3) is 2.88. The van der Waals surface area contributed by atoms with Crippen LogP contribution < -0.4 is 5.73 Å². The highest BCUT2D eigenvalue weighted by molar-refractivity contribution is 5.10. The lowest BCUT2D eigenvalue weighted by Crippen LogP contribution is -2.12. The van der Waals surface area contributed by atoms with Gasteiger partial charge in [-0.15, -0.1) is 0 Å². The fourth-order valence-corrected chi connectivity index (χ4v) is 1.44. The summed E-state index contributed by atoms with van der Waals surface area (Å²) >= 11 is 0. The van der Waals surface area contributed by atoms with Gasteiger partial charge in [-0.2, -0.15) is 0 Å². The third-order valence-electron chi connectivity index (χ3n) is 2.28. The fraction of sp³-hybridized carbons (Fsp3) is 0.636. The van der Waals surface area contributed by atoms with Gasteiger partial charge in [0.2, 0.25) is 0 Å². The molecule has 0 bridgehead atoms. The van der Waals surface area contributed by atoms with Crippen LogP contribution in [0.5, 0.6) is 0 Å². The number of rotatable bonds is 4. The second-order valence-corrected chi connectivity index (χ2v) is 4.10. The van der Waals surface area contributed by atoms with Crippen LogP contribution >= 0.6 is 0 Å². The number of hydrogen-bond donors (Lipinski definition) is 1. The summed E-state index contributed by atoms with van der Waals surface area (Å²) in [5.41, 5.74) is 7.08. The first-order valence-corrected chi connectivity index (χ1v) is 5.02. The smallest absolute Gasteiger partial charge is 0.0421 e. The Labute approximate surface area is 80.7 Å². The van der Waals surface area contributed by atoms with E-state index in [0.29, 0.717) is 0 Å². The molecule has 1 atom stereocenters. The first-order chi connectivity index (χ1) is 6.11. The van der Waals surface area contributed by atoms with Crippen molar-refractivity contribution in [3.63, 3.8) is 0 Å². The summed E-state index contributed by atoms with van der Waals surface area (Å²) in [6.07, 6.45) is 3.33. The highest BCUT2D eigenvalue weighted by atomic mass is 15.0. The minimum Gasteiger partial charge on any atom is -0.350 e. The SMILES string of the molecule is CC(C)CCn1cccc1C(C)N. The molecule has 1 aromatic rings. The molecule has 0 aromatic carbocycles. The Kier molecular flexibility index (Phi) is 3.55. The summed E-state index contributed by atoms with van der Waals surface area (Å²) in [6.45, 7) is 7.60. The zero-order valence-corrected chi connectivity index (χ0v) is 8.83. The third-order valence-corrected chi connectivity index (χ3v) is 2.28. The van der Waals surface area contributed by atoms with Crippen LogP contribution in [0.15, 0.2) is 18.3 Å². The summed E-state index contributed by atoms with van der Waals surface area (Å²) in [6, 6.07) is 4.31. The van der Waals surface area contributed by atoms with Crippen LogP contribution in [0.3, 0.4) is 0 Å². The van der Waals surface area contributed by atoms with Crippen molar-refractivity contribution in [2.45, 2.75) is 39.8 Å². The lowest BCUT2D eigenvalue weighted by molar-refractivity contribution is 0.501. The van der Waals surface area contributed by atoms with E-state index >= 15 is 0 Å². The van der Waals surface area contributed by atoms with Crippen molar-refractivity contribution in [2.24, 2.45) is 11.7 Å². The normalized spacial score (nSPS) is 13.6. The van der Waals surface area contributed by atoms with E-state index in [-0.39, 0.29) is 6.04 Å². The van der Waals surface area contributed by atoms with Crippen molar-refractivity contribution in [1.29, 1.82) is 0 Å². The van der Waals surface area contributed by atoms with Crippen LogP contribution in [0.25, 0.3) is 0 Å². The van der Waals surface area contributed by atoms with Gasteiger partial charge in [0.25, 0.3) is 0 Å². The van der Waals surface area contributed by atoms with E-state index in [1.54, 1.807) is 0 Å². The molecule has 0 spiro atoms. The fourth-order valence-electron chi connectivity index (χ4n) is 1.44. The molecule has 0 amide bonds. The highest BCUT2D eigenvalue weighted by Crippen LogP contribution is 2.12. The summed E-state index contributed by atoms with van der Waals surface area (Å²) in [7, 11) is 0. The second kappa shape index (κ2) is 4.47. The minimum atomic E-state index is 0.141. The number of nitrogens with zero attached hydrogens (tertiary/aromatic N) is 1. The molecule has 0 saturated heterocycles. The van der Waals surface area contributed by atoms with Crippen LogP contribution in [-0.2, 0) is 6.54 Å². The van der Waals surface area contributed by atoms with E-state index < -0.39 is 0 Å². The average molecular weight is 180 g/mol. The van der Waals surface area contributed by atoms with Crippen LogP contribution in [0, 0.1) is 5.92 Å². The van der Waals surface area contributed by atoms with E-state index in [1.165, 1.54) is 12.1 Å². The van der Waals surface area contributed by atoms with Crippen molar-refractivity contribution in [3.05, 3.63) is 24.0 Å².